The maximum absolute atomic E-state index is 10.8. The van der Waals surface area contributed by atoms with E-state index in [9.17, 15) is 4.79 Å². The summed E-state index contributed by atoms with van der Waals surface area (Å²) in [5.74, 6) is -0.426. The summed E-state index contributed by atoms with van der Waals surface area (Å²) in [5.41, 5.74) is 0. The highest BCUT2D eigenvalue weighted by Crippen LogP contribution is 2.22. The molecule has 3 nitrogen and oxygen atoms in total. The van der Waals surface area contributed by atoms with E-state index in [1.165, 1.54) is 0 Å². The van der Waals surface area contributed by atoms with Crippen LogP contribution in [0.2, 0.25) is 0 Å². The minimum Gasteiger partial charge on any atom is -0.481 e. The molecule has 1 aliphatic rings. The smallest absolute Gasteiger partial charge is 0.306 e. The fourth-order valence-corrected chi connectivity index (χ4v) is 1.93. The van der Waals surface area contributed by atoms with Crippen molar-refractivity contribution in [1.29, 1.82) is 0 Å². The number of nitrogens with one attached hydrogen (secondary N) is 1. The Morgan fingerprint density at radius 1 is 1.69 bits per heavy atom. The van der Waals surface area contributed by atoms with Gasteiger partial charge in [-0.25, -0.2) is 0 Å². The van der Waals surface area contributed by atoms with Gasteiger partial charge in [0.15, 0.2) is 0 Å². The van der Waals surface area contributed by atoms with Gasteiger partial charge < -0.3 is 10.4 Å². The topological polar surface area (TPSA) is 49.3 Å². The van der Waals surface area contributed by atoms with Gasteiger partial charge in [-0.1, -0.05) is 6.92 Å². The Balaban J connectivity index is 0.00000144. The predicted molar refractivity (Wildman–Crippen MR) is 54.3 cm³/mol. The van der Waals surface area contributed by atoms with Crippen molar-refractivity contribution in [2.45, 2.75) is 26.2 Å². The lowest BCUT2D eigenvalue weighted by Gasteiger charge is -2.27. The Morgan fingerprint density at radius 3 is 2.77 bits per heavy atom. The molecule has 0 spiro atoms. The summed E-state index contributed by atoms with van der Waals surface area (Å²) < 4.78 is 0. The third-order valence-electron chi connectivity index (χ3n) is 2.66. The van der Waals surface area contributed by atoms with Crippen LogP contribution in [0.15, 0.2) is 0 Å². The zero-order chi connectivity index (χ0) is 8.97. The van der Waals surface area contributed by atoms with E-state index in [-0.39, 0.29) is 18.3 Å². The van der Waals surface area contributed by atoms with Gasteiger partial charge >= 0.3 is 5.97 Å². The summed E-state index contributed by atoms with van der Waals surface area (Å²) in [6.45, 7) is 3.88. The molecule has 1 rings (SSSR count). The molecule has 2 N–H and O–H groups in total. The number of hydrogen-bond acceptors (Lipinski definition) is 2. The van der Waals surface area contributed by atoms with Crippen LogP contribution in [0, 0.1) is 11.8 Å². The molecular weight excluding hydrogens is 190 g/mol. The standard InChI is InChI=1S/C9H17NO2.ClH/c1-2-8(9(11)12)7-4-3-5-10-6-7;/h7-8,10H,2-6H2,1H3,(H,11,12);1H. The van der Waals surface area contributed by atoms with Gasteiger partial charge in [-0.3, -0.25) is 4.79 Å². The molecule has 4 heteroatoms. The summed E-state index contributed by atoms with van der Waals surface area (Å²) in [7, 11) is 0. The van der Waals surface area contributed by atoms with Crippen molar-refractivity contribution < 1.29 is 9.90 Å². The number of rotatable bonds is 3. The molecular formula is C9H18ClNO2. The molecule has 0 radical (unpaired) electrons. The van der Waals surface area contributed by atoms with E-state index in [2.05, 4.69) is 5.32 Å². The first kappa shape index (κ1) is 12.7. The number of carboxylic acid groups (broad SMARTS) is 1. The van der Waals surface area contributed by atoms with Gasteiger partial charge in [0.1, 0.15) is 0 Å². The van der Waals surface area contributed by atoms with Crippen LogP contribution in [0.3, 0.4) is 0 Å². The SMILES string of the molecule is CCC(C(=O)O)C1CCCNC1.Cl. The lowest BCUT2D eigenvalue weighted by Crippen LogP contribution is -2.36. The summed E-state index contributed by atoms with van der Waals surface area (Å²) in [5, 5.41) is 12.1. The van der Waals surface area contributed by atoms with Crippen molar-refractivity contribution >= 4 is 18.4 Å². The van der Waals surface area contributed by atoms with E-state index < -0.39 is 5.97 Å². The number of carbonyl (C=O) groups is 1. The summed E-state index contributed by atoms with van der Waals surface area (Å²) in [4.78, 5) is 10.8. The Morgan fingerprint density at radius 2 is 2.38 bits per heavy atom. The van der Waals surface area contributed by atoms with E-state index in [0.717, 1.165) is 32.4 Å². The average Bonchev–Trinajstić information content (AvgIpc) is 2.07. The molecule has 0 saturated carbocycles. The van der Waals surface area contributed by atoms with Crippen LogP contribution in [-0.2, 0) is 4.79 Å². The van der Waals surface area contributed by atoms with Crippen molar-refractivity contribution in [1.82, 2.24) is 5.32 Å². The van der Waals surface area contributed by atoms with Crippen LogP contribution in [0.4, 0.5) is 0 Å². The molecule has 0 aromatic heterocycles. The van der Waals surface area contributed by atoms with Gasteiger partial charge in [-0.15, -0.1) is 12.4 Å². The van der Waals surface area contributed by atoms with E-state index in [4.69, 9.17) is 5.11 Å². The zero-order valence-corrected chi connectivity index (χ0v) is 8.77. The Labute approximate surface area is 85.3 Å². The number of aliphatic carboxylic acids is 1. The van der Waals surface area contributed by atoms with Gasteiger partial charge in [0.25, 0.3) is 0 Å². The van der Waals surface area contributed by atoms with Crippen molar-refractivity contribution in [3.63, 3.8) is 0 Å². The van der Waals surface area contributed by atoms with Gasteiger partial charge in [-0.2, -0.15) is 0 Å². The number of halogens is 1. The van der Waals surface area contributed by atoms with Crippen LogP contribution in [-0.4, -0.2) is 24.2 Å². The Kier molecular flexibility index (Phi) is 6.08. The van der Waals surface area contributed by atoms with E-state index in [1.54, 1.807) is 0 Å². The molecule has 1 fully saturated rings. The first-order chi connectivity index (χ1) is 5.75. The summed E-state index contributed by atoms with van der Waals surface area (Å²) in [6.07, 6.45) is 2.94. The van der Waals surface area contributed by atoms with Crippen molar-refractivity contribution in [3.05, 3.63) is 0 Å². The van der Waals surface area contributed by atoms with E-state index >= 15 is 0 Å². The van der Waals surface area contributed by atoms with E-state index in [1.807, 2.05) is 6.92 Å². The lowest BCUT2D eigenvalue weighted by molar-refractivity contribution is -0.144. The Bertz CT molecular complexity index is 158. The van der Waals surface area contributed by atoms with Crippen molar-refractivity contribution in [2.24, 2.45) is 11.8 Å². The highest BCUT2D eigenvalue weighted by Gasteiger charge is 2.27. The van der Waals surface area contributed by atoms with Crippen molar-refractivity contribution in [2.75, 3.05) is 13.1 Å². The predicted octanol–water partition coefficient (Wildman–Crippen LogP) is 1.52. The third-order valence-corrected chi connectivity index (χ3v) is 2.66. The van der Waals surface area contributed by atoms with E-state index in [0.29, 0.717) is 5.92 Å². The lowest BCUT2D eigenvalue weighted by atomic mass is 9.85. The molecule has 1 heterocycles. The van der Waals surface area contributed by atoms with Gasteiger partial charge in [0, 0.05) is 0 Å². The number of piperidine rings is 1. The highest BCUT2D eigenvalue weighted by molar-refractivity contribution is 5.85. The number of hydrogen-bond donors (Lipinski definition) is 2. The molecule has 0 amide bonds. The van der Waals surface area contributed by atoms with Crippen LogP contribution in [0.1, 0.15) is 26.2 Å². The molecule has 2 unspecified atom stereocenters. The molecule has 0 aliphatic carbocycles. The molecule has 1 aliphatic heterocycles. The third kappa shape index (κ3) is 3.53. The Hall–Kier alpha value is -0.280. The summed E-state index contributed by atoms with van der Waals surface area (Å²) >= 11 is 0. The second-order valence-corrected chi connectivity index (χ2v) is 3.46. The minimum atomic E-state index is -0.633. The maximum atomic E-state index is 10.8. The normalized spacial score (nSPS) is 24.5. The molecule has 1 saturated heterocycles. The maximum Gasteiger partial charge on any atom is 0.306 e. The first-order valence-corrected chi connectivity index (χ1v) is 4.69. The first-order valence-electron chi connectivity index (χ1n) is 4.69. The molecule has 78 valence electrons. The van der Waals surface area contributed by atoms with Gasteiger partial charge in [0.2, 0.25) is 0 Å². The van der Waals surface area contributed by atoms with Gasteiger partial charge in [0.05, 0.1) is 5.92 Å². The second-order valence-electron chi connectivity index (χ2n) is 3.46. The monoisotopic (exact) mass is 207 g/mol. The summed E-state index contributed by atoms with van der Waals surface area (Å²) in [6, 6.07) is 0. The molecule has 0 aromatic rings. The average molecular weight is 208 g/mol. The zero-order valence-electron chi connectivity index (χ0n) is 7.95. The van der Waals surface area contributed by atoms with Crippen LogP contribution >= 0.6 is 12.4 Å². The molecule has 13 heavy (non-hydrogen) atoms. The largest absolute Gasteiger partial charge is 0.481 e. The minimum absolute atomic E-state index is 0. The molecule has 0 aromatic carbocycles. The van der Waals surface area contributed by atoms with Crippen LogP contribution in [0.5, 0.6) is 0 Å². The molecule has 2 atom stereocenters. The van der Waals surface area contributed by atoms with Gasteiger partial charge in [-0.05, 0) is 38.3 Å². The second kappa shape index (κ2) is 6.22. The number of carboxylic acids is 1. The van der Waals surface area contributed by atoms with Crippen molar-refractivity contribution in [3.8, 4) is 0 Å². The fraction of sp³-hybridized carbons (Fsp3) is 0.889. The van der Waals surface area contributed by atoms with Crippen LogP contribution in [0.25, 0.3) is 0 Å². The quantitative estimate of drug-likeness (QED) is 0.738. The highest BCUT2D eigenvalue weighted by atomic mass is 35.5. The fourth-order valence-electron chi connectivity index (χ4n) is 1.93. The molecule has 0 bridgehead atoms. The van der Waals surface area contributed by atoms with Crippen LogP contribution < -0.4 is 5.32 Å².